The molecule has 2 aromatic heterocycles. The normalized spacial score (nSPS) is 11.0. The first kappa shape index (κ1) is 13.3. The third-order valence-corrected chi connectivity index (χ3v) is 3.69. The zero-order valence-electron chi connectivity index (χ0n) is 12.0. The Hall–Kier alpha value is -3.41. The zero-order valence-corrected chi connectivity index (χ0v) is 12.0. The topological polar surface area (TPSA) is 72.9 Å². The lowest BCUT2D eigenvalue weighted by molar-refractivity contribution is 0.0697. The van der Waals surface area contributed by atoms with Crippen LogP contribution >= 0.6 is 0 Å². The first-order valence-electron chi connectivity index (χ1n) is 7.03. The average molecular weight is 304 g/mol. The molecule has 0 fully saturated rings. The van der Waals surface area contributed by atoms with Gasteiger partial charge in [-0.2, -0.15) is 5.10 Å². The van der Waals surface area contributed by atoms with Crippen LogP contribution in [0.15, 0.2) is 67.3 Å². The molecule has 0 radical (unpaired) electrons. The molecular formula is C17H12N4O2. The predicted molar refractivity (Wildman–Crippen MR) is 85.2 cm³/mol. The fourth-order valence-electron chi connectivity index (χ4n) is 2.54. The lowest BCUT2D eigenvalue weighted by Gasteiger charge is -2.06. The van der Waals surface area contributed by atoms with Gasteiger partial charge in [0.15, 0.2) is 0 Å². The smallest absolute Gasteiger partial charge is 0.335 e. The SMILES string of the molecule is O=C(O)c1ccc2c(c1)ncn2-c1ccc(-n2cccn2)cc1. The Morgan fingerprint density at radius 3 is 2.52 bits per heavy atom. The molecule has 23 heavy (non-hydrogen) atoms. The highest BCUT2D eigenvalue weighted by Crippen LogP contribution is 2.20. The Morgan fingerprint density at radius 1 is 1.04 bits per heavy atom. The predicted octanol–water partition coefficient (Wildman–Crippen LogP) is 2.91. The summed E-state index contributed by atoms with van der Waals surface area (Å²) in [6.07, 6.45) is 5.31. The summed E-state index contributed by atoms with van der Waals surface area (Å²) in [5, 5.41) is 13.2. The van der Waals surface area contributed by atoms with Crippen molar-refractivity contribution in [1.29, 1.82) is 0 Å². The summed E-state index contributed by atoms with van der Waals surface area (Å²) in [5.41, 5.74) is 3.67. The van der Waals surface area contributed by atoms with E-state index in [0.717, 1.165) is 16.9 Å². The van der Waals surface area contributed by atoms with Gasteiger partial charge in [-0.25, -0.2) is 14.5 Å². The summed E-state index contributed by atoms with van der Waals surface area (Å²) in [5.74, 6) is -0.954. The number of rotatable bonds is 3. The highest BCUT2D eigenvalue weighted by Gasteiger charge is 2.09. The van der Waals surface area contributed by atoms with Gasteiger partial charge in [0.2, 0.25) is 0 Å². The van der Waals surface area contributed by atoms with Gasteiger partial charge in [0.1, 0.15) is 6.33 Å². The molecule has 0 aliphatic carbocycles. The van der Waals surface area contributed by atoms with Crippen LogP contribution in [0.5, 0.6) is 0 Å². The van der Waals surface area contributed by atoms with Gasteiger partial charge in [-0.1, -0.05) is 0 Å². The zero-order chi connectivity index (χ0) is 15.8. The Labute approximate surface area is 131 Å². The van der Waals surface area contributed by atoms with Crippen LogP contribution in [0.1, 0.15) is 10.4 Å². The van der Waals surface area contributed by atoms with Crippen LogP contribution in [0.2, 0.25) is 0 Å². The fourth-order valence-corrected chi connectivity index (χ4v) is 2.54. The number of carboxylic acids is 1. The van der Waals surface area contributed by atoms with Gasteiger partial charge in [-0.3, -0.25) is 4.57 Å². The quantitative estimate of drug-likeness (QED) is 0.631. The van der Waals surface area contributed by atoms with Gasteiger partial charge in [0.25, 0.3) is 0 Å². The van der Waals surface area contributed by atoms with E-state index in [2.05, 4.69) is 10.1 Å². The Balaban J connectivity index is 1.75. The average Bonchev–Trinajstić information content (AvgIpc) is 3.24. The third-order valence-electron chi connectivity index (χ3n) is 3.69. The van der Waals surface area contributed by atoms with Gasteiger partial charge in [-0.15, -0.1) is 0 Å². The molecule has 6 nitrogen and oxygen atoms in total. The van der Waals surface area contributed by atoms with E-state index in [4.69, 9.17) is 5.11 Å². The number of hydrogen-bond acceptors (Lipinski definition) is 3. The van der Waals surface area contributed by atoms with Crippen molar-refractivity contribution in [3.63, 3.8) is 0 Å². The van der Waals surface area contributed by atoms with E-state index in [-0.39, 0.29) is 5.56 Å². The summed E-state index contributed by atoms with van der Waals surface area (Å²) >= 11 is 0. The Kier molecular flexibility index (Phi) is 2.94. The number of aromatic carboxylic acids is 1. The van der Waals surface area contributed by atoms with Gasteiger partial charge in [0.05, 0.1) is 22.3 Å². The van der Waals surface area contributed by atoms with Gasteiger partial charge in [0, 0.05) is 18.1 Å². The Morgan fingerprint density at radius 2 is 1.83 bits per heavy atom. The summed E-state index contributed by atoms with van der Waals surface area (Å²) in [7, 11) is 0. The molecule has 0 aliphatic rings. The van der Waals surface area contributed by atoms with E-state index >= 15 is 0 Å². The fraction of sp³-hybridized carbons (Fsp3) is 0. The molecule has 0 saturated heterocycles. The van der Waals surface area contributed by atoms with Crippen LogP contribution in [0, 0.1) is 0 Å². The van der Waals surface area contributed by atoms with Crippen molar-refractivity contribution in [2.45, 2.75) is 0 Å². The standard InChI is InChI=1S/C17H12N4O2/c22-17(23)12-2-7-16-15(10-12)18-11-20(16)13-3-5-14(6-4-13)21-9-1-8-19-21/h1-11H,(H,22,23). The molecule has 112 valence electrons. The molecule has 2 heterocycles. The minimum Gasteiger partial charge on any atom is -0.478 e. The van der Waals surface area contributed by atoms with Crippen molar-refractivity contribution in [1.82, 2.24) is 19.3 Å². The van der Waals surface area contributed by atoms with Gasteiger partial charge in [-0.05, 0) is 48.5 Å². The van der Waals surface area contributed by atoms with E-state index in [1.165, 1.54) is 0 Å². The van der Waals surface area contributed by atoms with Crippen molar-refractivity contribution >= 4 is 17.0 Å². The number of nitrogens with zero attached hydrogens (tertiary/aromatic N) is 4. The van der Waals surface area contributed by atoms with Crippen LogP contribution in [0.4, 0.5) is 0 Å². The molecule has 0 spiro atoms. The molecule has 0 saturated carbocycles. The van der Waals surface area contributed by atoms with E-state index in [1.807, 2.05) is 41.1 Å². The van der Waals surface area contributed by atoms with Gasteiger partial charge < -0.3 is 5.11 Å². The van der Waals surface area contributed by atoms with Crippen LogP contribution in [-0.4, -0.2) is 30.4 Å². The first-order chi connectivity index (χ1) is 11.2. The first-order valence-corrected chi connectivity index (χ1v) is 7.03. The Bertz CT molecular complexity index is 985. The summed E-state index contributed by atoms with van der Waals surface area (Å²) in [6.45, 7) is 0. The number of aromatic nitrogens is 4. The minimum absolute atomic E-state index is 0.233. The largest absolute Gasteiger partial charge is 0.478 e. The van der Waals surface area contributed by atoms with Crippen molar-refractivity contribution in [2.24, 2.45) is 0 Å². The highest BCUT2D eigenvalue weighted by molar-refractivity contribution is 5.92. The number of hydrogen-bond donors (Lipinski definition) is 1. The van der Waals surface area contributed by atoms with E-state index in [0.29, 0.717) is 5.52 Å². The molecular weight excluding hydrogens is 292 g/mol. The number of imidazole rings is 1. The number of carbonyl (C=O) groups is 1. The maximum Gasteiger partial charge on any atom is 0.335 e. The summed E-state index contributed by atoms with van der Waals surface area (Å²) in [6, 6.07) is 14.7. The van der Waals surface area contributed by atoms with Crippen LogP contribution < -0.4 is 0 Å². The van der Waals surface area contributed by atoms with E-state index < -0.39 is 5.97 Å². The van der Waals surface area contributed by atoms with Gasteiger partial charge >= 0.3 is 5.97 Å². The third kappa shape index (κ3) is 2.26. The second-order valence-corrected chi connectivity index (χ2v) is 5.09. The lowest BCUT2D eigenvalue weighted by Crippen LogP contribution is -1.97. The number of fused-ring (bicyclic) bond motifs is 1. The molecule has 2 aromatic carbocycles. The number of benzene rings is 2. The molecule has 6 heteroatoms. The maximum absolute atomic E-state index is 11.0. The minimum atomic E-state index is -0.954. The van der Waals surface area contributed by atoms with Crippen molar-refractivity contribution in [2.75, 3.05) is 0 Å². The van der Waals surface area contributed by atoms with Crippen molar-refractivity contribution < 1.29 is 9.90 Å². The van der Waals surface area contributed by atoms with Crippen LogP contribution in [0.25, 0.3) is 22.4 Å². The maximum atomic E-state index is 11.0. The van der Waals surface area contributed by atoms with E-state index in [1.54, 1.807) is 35.4 Å². The van der Waals surface area contributed by atoms with Crippen LogP contribution in [0.3, 0.4) is 0 Å². The molecule has 4 aromatic rings. The molecule has 0 atom stereocenters. The number of carboxylic acid groups (broad SMARTS) is 1. The van der Waals surface area contributed by atoms with Crippen LogP contribution in [-0.2, 0) is 0 Å². The molecule has 1 N–H and O–H groups in total. The van der Waals surface area contributed by atoms with Crippen molar-refractivity contribution in [3.05, 3.63) is 72.8 Å². The second kappa shape index (κ2) is 5.10. The molecule has 0 bridgehead atoms. The molecule has 0 amide bonds. The van der Waals surface area contributed by atoms with Crippen molar-refractivity contribution in [3.8, 4) is 11.4 Å². The van der Waals surface area contributed by atoms with E-state index in [9.17, 15) is 4.79 Å². The lowest BCUT2D eigenvalue weighted by atomic mass is 10.2. The highest BCUT2D eigenvalue weighted by atomic mass is 16.4. The summed E-state index contributed by atoms with van der Waals surface area (Å²) < 4.78 is 3.71. The second-order valence-electron chi connectivity index (χ2n) is 5.09. The molecule has 0 aliphatic heterocycles. The summed E-state index contributed by atoms with van der Waals surface area (Å²) in [4.78, 5) is 15.3. The monoisotopic (exact) mass is 304 g/mol. The molecule has 0 unspecified atom stereocenters. The molecule has 4 rings (SSSR count).